The van der Waals surface area contributed by atoms with E-state index in [2.05, 4.69) is 38.4 Å². The number of thiophene rings is 1. The Bertz CT molecular complexity index is 295. The van der Waals surface area contributed by atoms with Gasteiger partial charge in [0.1, 0.15) is 0 Å². The summed E-state index contributed by atoms with van der Waals surface area (Å²) in [6.45, 7) is 0.829. The van der Waals surface area contributed by atoms with E-state index in [1.54, 1.807) is 18.4 Å². The molecule has 1 aromatic rings. The fourth-order valence-corrected chi connectivity index (χ4v) is 2.36. The van der Waals surface area contributed by atoms with Crippen LogP contribution in [-0.4, -0.2) is 19.6 Å². The van der Waals surface area contributed by atoms with Gasteiger partial charge in [-0.15, -0.1) is 11.3 Å². The number of nitrogens with two attached hydrogens (primary N) is 1. The third-order valence-corrected chi connectivity index (χ3v) is 3.23. The van der Waals surface area contributed by atoms with Crippen molar-refractivity contribution in [2.45, 2.75) is 6.42 Å². The van der Waals surface area contributed by atoms with Crippen LogP contribution < -0.4 is 11.1 Å². The third-order valence-electron chi connectivity index (χ3n) is 1.55. The smallest absolute Gasteiger partial charge is 0.188 e. The maximum atomic E-state index is 5.48. The number of aliphatic imine (C=N–C) groups is 1. The van der Waals surface area contributed by atoms with Crippen molar-refractivity contribution in [3.05, 3.63) is 20.8 Å². The van der Waals surface area contributed by atoms with Crippen LogP contribution in [0.2, 0.25) is 0 Å². The molecule has 0 bridgehead atoms. The summed E-state index contributed by atoms with van der Waals surface area (Å²) in [5.74, 6) is 0.496. The number of rotatable bonds is 3. The van der Waals surface area contributed by atoms with E-state index in [0.29, 0.717) is 5.96 Å². The predicted molar refractivity (Wildman–Crippen MR) is 61.3 cm³/mol. The van der Waals surface area contributed by atoms with Crippen molar-refractivity contribution in [2.24, 2.45) is 10.7 Å². The Morgan fingerprint density at radius 3 is 3.00 bits per heavy atom. The van der Waals surface area contributed by atoms with E-state index in [-0.39, 0.29) is 0 Å². The quantitative estimate of drug-likeness (QED) is 0.642. The van der Waals surface area contributed by atoms with Crippen LogP contribution in [0.5, 0.6) is 0 Å². The Labute approximate surface area is 90.2 Å². The average molecular weight is 262 g/mol. The molecule has 0 fully saturated rings. The number of hydrogen-bond donors (Lipinski definition) is 2. The van der Waals surface area contributed by atoms with E-state index in [9.17, 15) is 0 Å². The predicted octanol–water partition coefficient (Wildman–Crippen LogP) is 1.59. The average Bonchev–Trinajstić information content (AvgIpc) is 2.51. The van der Waals surface area contributed by atoms with Gasteiger partial charge in [0, 0.05) is 18.5 Å². The van der Waals surface area contributed by atoms with Crippen molar-refractivity contribution < 1.29 is 0 Å². The van der Waals surface area contributed by atoms with Crippen molar-refractivity contribution in [2.75, 3.05) is 13.6 Å². The molecular formula is C8H12BrN3S. The second kappa shape index (κ2) is 5.24. The van der Waals surface area contributed by atoms with E-state index in [4.69, 9.17) is 5.73 Å². The third kappa shape index (κ3) is 3.78. The van der Waals surface area contributed by atoms with Crippen LogP contribution >= 0.6 is 27.3 Å². The number of halogens is 1. The van der Waals surface area contributed by atoms with Crippen LogP contribution in [-0.2, 0) is 6.42 Å². The van der Waals surface area contributed by atoms with Gasteiger partial charge in [-0.05, 0) is 34.5 Å². The highest BCUT2D eigenvalue weighted by Gasteiger charge is 1.97. The van der Waals surface area contributed by atoms with Crippen LogP contribution in [0.1, 0.15) is 4.88 Å². The van der Waals surface area contributed by atoms with Crippen molar-refractivity contribution in [1.29, 1.82) is 0 Å². The van der Waals surface area contributed by atoms with Gasteiger partial charge in [0.05, 0.1) is 3.79 Å². The molecule has 0 spiro atoms. The van der Waals surface area contributed by atoms with Crippen molar-refractivity contribution in [3.8, 4) is 0 Å². The van der Waals surface area contributed by atoms with Crippen LogP contribution in [0.15, 0.2) is 20.9 Å². The first-order valence-corrected chi connectivity index (χ1v) is 5.53. The normalized spacial score (nSPS) is 11.7. The van der Waals surface area contributed by atoms with E-state index >= 15 is 0 Å². The minimum Gasteiger partial charge on any atom is -0.370 e. The first-order chi connectivity index (χ1) is 6.22. The highest BCUT2D eigenvalue weighted by molar-refractivity contribution is 9.11. The molecular weight excluding hydrogens is 250 g/mol. The largest absolute Gasteiger partial charge is 0.370 e. The second-order valence-corrected chi connectivity index (χ2v) is 5.04. The molecule has 3 nitrogen and oxygen atoms in total. The second-order valence-electron chi connectivity index (χ2n) is 2.49. The molecule has 0 aliphatic heterocycles. The Kier molecular flexibility index (Phi) is 4.24. The summed E-state index contributed by atoms with van der Waals surface area (Å²) in [6, 6.07) is 4.16. The minimum atomic E-state index is 0.496. The molecule has 0 saturated carbocycles. The molecule has 1 aromatic heterocycles. The highest BCUT2D eigenvalue weighted by atomic mass is 79.9. The monoisotopic (exact) mass is 261 g/mol. The summed E-state index contributed by atoms with van der Waals surface area (Å²) in [6.07, 6.45) is 0.979. The van der Waals surface area contributed by atoms with E-state index < -0.39 is 0 Å². The summed E-state index contributed by atoms with van der Waals surface area (Å²) in [4.78, 5) is 5.14. The summed E-state index contributed by atoms with van der Waals surface area (Å²) < 4.78 is 1.17. The summed E-state index contributed by atoms with van der Waals surface area (Å²) >= 11 is 5.16. The van der Waals surface area contributed by atoms with Crippen LogP contribution in [0.25, 0.3) is 0 Å². The Hall–Kier alpha value is -0.550. The van der Waals surface area contributed by atoms with Crippen LogP contribution in [0, 0.1) is 0 Å². The van der Waals surface area contributed by atoms with E-state index in [0.717, 1.165) is 13.0 Å². The van der Waals surface area contributed by atoms with Gasteiger partial charge >= 0.3 is 0 Å². The SMILES string of the molecule is CN=C(N)NCCc1ccc(Br)s1. The molecule has 3 N–H and O–H groups in total. The van der Waals surface area contributed by atoms with Gasteiger partial charge in [0.15, 0.2) is 5.96 Å². The fourth-order valence-electron chi connectivity index (χ4n) is 0.879. The molecule has 5 heteroatoms. The number of hydrogen-bond acceptors (Lipinski definition) is 2. The van der Waals surface area contributed by atoms with Crippen molar-refractivity contribution in [1.82, 2.24) is 5.32 Å². The molecule has 1 rings (SSSR count). The number of nitrogens with zero attached hydrogens (tertiary/aromatic N) is 1. The molecule has 0 radical (unpaired) electrons. The lowest BCUT2D eigenvalue weighted by Crippen LogP contribution is -2.32. The lowest BCUT2D eigenvalue weighted by Gasteiger charge is -2.02. The Balaban J connectivity index is 2.28. The lowest BCUT2D eigenvalue weighted by atomic mass is 10.3. The summed E-state index contributed by atoms with van der Waals surface area (Å²) in [5.41, 5.74) is 5.48. The van der Waals surface area contributed by atoms with Gasteiger partial charge < -0.3 is 11.1 Å². The molecule has 0 aromatic carbocycles. The first kappa shape index (κ1) is 10.5. The van der Waals surface area contributed by atoms with Crippen LogP contribution in [0.3, 0.4) is 0 Å². The van der Waals surface area contributed by atoms with Gasteiger partial charge in [-0.25, -0.2) is 0 Å². The molecule has 13 heavy (non-hydrogen) atoms. The maximum absolute atomic E-state index is 5.48. The van der Waals surface area contributed by atoms with Gasteiger partial charge in [-0.2, -0.15) is 0 Å². The standard InChI is InChI=1S/C8H12BrN3S/c1-11-8(10)12-5-4-6-2-3-7(9)13-6/h2-3H,4-5H2,1H3,(H3,10,11,12). The van der Waals surface area contributed by atoms with Crippen molar-refractivity contribution >= 4 is 33.2 Å². The minimum absolute atomic E-state index is 0.496. The zero-order valence-electron chi connectivity index (χ0n) is 7.38. The Morgan fingerprint density at radius 2 is 2.46 bits per heavy atom. The molecule has 72 valence electrons. The lowest BCUT2D eigenvalue weighted by molar-refractivity contribution is 0.867. The maximum Gasteiger partial charge on any atom is 0.188 e. The number of nitrogens with one attached hydrogen (secondary N) is 1. The highest BCUT2D eigenvalue weighted by Crippen LogP contribution is 2.21. The zero-order chi connectivity index (χ0) is 9.68. The van der Waals surface area contributed by atoms with Crippen molar-refractivity contribution in [3.63, 3.8) is 0 Å². The molecule has 0 unspecified atom stereocenters. The number of guanidine groups is 1. The zero-order valence-corrected chi connectivity index (χ0v) is 9.78. The van der Waals surface area contributed by atoms with Gasteiger partial charge in [-0.1, -0.05) is 0 Å². The van der Waals surface area contributed by atoms with Crippen LogP contribution in [0.4, 0.5) is 0 Å². The molecule has 0 saturated heterocycles. The van der Waals surface area contributed by atoms with Gasteiger partial charge in [0.2, 0.25) is 0 Å². The van der Waals surface area contributed by atoms with E-state index in [1.165, 1.54) is 8.66 Å². The Morgan fingerprint density at radius 1 is 1.69 bits per heavy atom. The van der Waals surface area contributed by atoms with Gasteiger partial charge in [0.25, 0.3) is 0 Å². The summed E-state index contributed by atoms with van der Waals surface area (Å²) in [5, 5.41) is 3.01. The summed E-state index contributed by atoms with van der Waals surface area (Å²) in [7, 11) is 1.67. The fraction of sp³-hybridized carbons (Fsp3) is 0.375. The van der Waals surface area contributed by atoms with E-state index in [1.807, 2.05) is 0 Å². The topological polar surface area (TPSA) is 50.4 Å². The molecule has 0 amide bonds. The molecule has 1 heterocycles. The molecule has 0 atom stereocenters. The van der Waals surface area contributed by atoms with Gasteiger partial charge in [-0.3, -0.25) is 4.99 Å². The molecule has 0 aliphatic carbocycles. The molecule has 0 aliphatic rings. The first-order valence-electron chi connectivity index (χ1n) is 3.92.